The molecule has 19 heavy (non-hydrogen) atoms. The molecule has 1 aliphatic rings. The van der Waals surface area contributed by atoms with Crippen molar-refractivity contribution in [3.05, 3.63) is 0 Å². The first-order valence-corrected chi connectivity index (χ1v) is 6.48. The van der Waals surface area contributed by atoms with Gasteiger partial charge >= 0.3 is 6.01 Å². The lowest BCUT2D eigenvalue weighted by molar-refractivity contribution is 0.134. The van der Waals surface area contributed by atoms with Gasteiger partial charge in [0.2, 0.25) is 11.9 Å². The molecule has 1 aliphatic heterocycles. The van der Waals surface area contributed by atoms with Crippen molar-refractivity contribution in [3.8, 4) is 6.01 Å². The van der Waals surface area contributed by atoms with E-state index in [-0.39, 0.29) is 12.1 Å². The molecule has 0 amide bonds. The molecular weight excluding hydrogens is 248 g/mol. The van der Waals surface area contributed by atoms with Crippen molar-refractivity contribution in [1.29, 1.82) is 0 Å². The van der Waals surface area contributed by atoms with Gasteiger partial charge in [-0.2, -0.15) is 15.0 Å². The first-order chi connectivity index (χ1) is 9.26. The van der Waals surface area contributed by atoms with Gasteiger partial charge in [0.05, 0.1) is 13.2 Å². The van der Waals surface area contributed by atoms with Crippen molar-refractivity contribution in [2.24, 2.45) is 5.84 Å². The van der Waals surface area contributed by atoms with Crippen LogP contribution >= 0.6 is 0 Å². The zero-order chi connectivity index (χ0) is 13.7. The van der Waals surface area contributed by atoms with E-state index in [2.05, 4.69) is 20.4 Å². The summed E-state index contributed by atoms with van der Waals surface area (Å²) in [6, 6.07) is 0.278. The lowest BCUT2D eigenvalue weighted by Crippen LogP contribution is -2.26. The molecule has 1 saturated heterocycles. The first-order valence-electron chi connectivity index (χ1n) is 6.48. The molecule has 0 bridgehead atoms. The van der Waals surface area contributed by atoms with E-state index in [0.717, 1.165) is 19.5 Å². The van der Waals surface area contributed by atoms with Crippen LogP contribution in [0.2, 0.25) is 0 Å². The number of nitrogen functional groups attached to an aromatic ring is 1. The second-order valence-corrected chi connectivity index (χ2v) is 4.16. The molecule has 0 aliphatic carbocycles. The van der Waals surface area contributed by atoms with Crippen LogP contribution < -0.4 is 20.9 Å². The maximum Gasteiger partial charge on any atom is 0.323 e. The molecule has 1 aromatic rings. The van der Waals surface area contributed by atoms with E-state index in [4.69, 9.17) is 15.3 Å². The van der Waals surface area contributed by atoms with E-state index >= 15 is 0 Å². The summed E-state index contributed by atoms with van der Waals surface area (Å²) >= 11 is 0. The molecule has 0 aromatic carbocycles. The topological polar surface area (TPSA) is 98.4 Å². The Morgan fingerprint density at radius 1 is 1.37 bits per heavy atom. The molecule has 0 saturated carbocycles. The van der Waals surface area contributed by atoms with Gasteiger partial charge in [0.15, 0.2) is 0 Å². The Balaban J connectivity index is 2.19. The van der Waals surface area contributed by atoms with Crippen molar-refractivity contribution in [2.75, 3.05) is 36.6 Å². The number of nitrogens with two attached hydrogens (primary N) is 1. The number of nitrogens with zero attached hydrogens (tertiary/aromatic N) is 4. The van der Waals surface area contributed by atoms with Crippen LogP contribution in [0.1, 0.15) is 20.3 Å². The van der Waals surface area contributed by atoms with Crippen molar-refractivity contribution in [2.45, 2.75) is 26.4 Å². The van der Waals surface area contributed by atoms with Crippen LogP contribution in [0.3, 0.4) is 0 Å². The third-order valence-corrected chi connectivity index (χ3v) is 2.94. The average Bonchev–Trinajstić information content (AvgIpc) is 2.93. The minimum absolute atomic E-state index is 0.00224. The standard InChI is InChI=1S/C11H20N6O2/c1-3-17(4-2)10-13-9(16-12)14-11(15-10)19-8-5-6-18-7-8/h8H,3-7,12H2,1-2H3,(H,13,14,15,16). The molecule has 1 fully saturated rings. The molecule has 106 valence electrons. The zero-order valence-corrected chi connectivity index (χ0v) is 11.3. The predicted molar refractivity (Wildman–Crippen MR) is 71.1 cm³/mol. The van der Waals surface area contributed by atoms with Crippen LogP contribution in [0.5, 0.6) is 6.01 Å². The van der Waals surface area contributed by atoms with E-state index in [1.807, 2.05) is 18.7 Å². The Morgan fingerprint density at radius 2 is 2.16 bits per heavy atom. The van der Waals surface area contributed by atoms with E-state index in [1.54, 1.807) is 0 Å². The summed E-state index contributed by atoms with van der Waals surface area (Å²) in [5.41, 5.74) is 2.44. The van der Waals surface area contributed by atoms with E-state index in [0.29, 0.717) is 25.1 Å². The van der Waals surface area contributed by atoms with Gasteiger partial charge in [-0.05, 0) is 13.8 Å². The third kappa shape index (κ3) is 3.42. The van der Waals surface area contributed by atoms with Gasteiger partial charge in [-0.15, -0.1) is 0 Å². The largest absolute Gasteiger partial charge is 0.457 e. The smallest absolute Gasteiger partial charge is 0.323 e. The minimum Gasteiger partial charge on any atom is -0.457 e. The summed E-state index contributed by atoms with van der Waals surface area (Å²) in [7, 11) is 0. The Morgan fingerprint density at radius 3 is 2.74 bits per heavy atom. The number of hydrogen-bond acceptors (Lipinski definition) is 8. The minimum atomic E-state index is -0.00224. The molecule has 0 spiro atoms. The third-order valence-electron chi connectivity index (χ3n) is 2.94. The zero-order valence-electron chi connectivity index (χ0n) is 11.3. The van der Waals surface area contributed by atoms with Gasteiger partial charge in [-0.1, -0.05) is 0 Å². The fourth-order valence-electron chi connectivity index (χ4n) is 1.87. The summed E-state index contributed by atoms with van der Waals surface area (Å²) in [4.78, 5) is 14.6. The number of ether oxygens (including phenoxy) is 2. The Bertz CT molecular complexity index is 406. The van der Waals surface area contributed by atoms with Gasteiger partial charge in [-0.25, -0.2) is 5.84 Å². The predicted octanol–water partition coefficient (Wildman–Crippen LogP) is 0.171. The van der Waals surface area contributed by atoms with Crippen molar-refractivity contribution in [1.82, 2.24) is 15.0 Å². The van der Waals surface area contributed by atoms with Gasteiger partial charge in [0.25, 0.3) is 0 Å². The highest BCUT2D eigenvalue weighted by Gasteiger charge is 2.20. The quantitative estimate of drug-likeness (QED) is 0.556. The van der Waals surface area contributed by atoms with Crippen molar-refractivity contribution < 1.29 is 9.47 Å². The summed E-state index contributed by atoms with van der Waals surface area (Å²) in [6.45, 7) is 6.95. The number of anilines is 2. The highest BCUT2D eigenvalue weighted by atomic mass is 16.6. The SMILES string of the molecule is CCN(CC)c1nc(NN)nc(OC2CCOC2)n1. The maximum absolute atomic E-state index is 5.69. The summed E-state index contributed by atoms with van der Waals surface area (Å²) in [5, 5.41) is 0. The van der Waals surface area contributed by atoms with Crippen LogP contribution in [0, 0.1) is 0 Å². The highest BCUT2D eigenvalue weighted by Crippen LogP contribution is 2.17. The normalized spacial score (nSPS) is 18.4. The summed E-state index contributed by atoms with van der Waals surface area (Å²) in [5.74, 6) is 6.23. The number of nitrogens with one attached hydrogen (secondary N) is 1. The van der Waals surface area contributed by atoms with Crippen molar-refractivity contribution >= 4 is 11.9 Å². The summed E-state index contributed by atoms with van der Waals surface area (Å²) < 4.78 is 10.9. The van der Waals surface area contributed by atoms with Crippen LogP contribution in [0.4, 0.5) is 11.9 Å². The van der Waals surface area contributed by atoms with E-state index in [9.17, 15) is 0 Å². The molecule has 0 radical (unpaired) electrons. The molecule has 1 unspecified atom stereocenters. The maximum atomic E-state index is 5.69. The molecule has 1 aromatic heterocycles. The Labute approximate surface area is 112 Å². The molecule has 8 heteroatoms. The van der Waals surface area contributed by atoms with Gasteiger partial charge in [-0.3, -0.25) is 5.43 Å². The van der Waals surface area contributed by atoms with Crippen molar-refractivity contribution in [3.63, 3.8) is 0 Å². The van der Waals surface area contributed by atoms with Gasteiger partial charge < -0.3 is 14.4 Å². The molecule has 3 N–H and O–H groups in total. The Kier molecular flexibility index (Phi) is 4.69. The molecule has 2 rings (SSSR count). The number of aromatic nitrogens is 3. The second-order valence-electron chi connectivity index (χ2n) is 4.16. The van der Waals surface area contributed by atoms with E-state index < -0.39 is 0 Å². The molecular formula is C11H20N6O2. The van der Waals surface area contributed by atoms with Crippen LogP contribution in [0.25, 0.3) is 0 Å². The fourth-order valence-corrected chi connectivity index (χ4v) is 1.87. The highest BCUT2D eigenvalue weighted by molar-refractivity contribution is 5.37. The van der Waals surface area contributed by atoms with Gasteiger partial charge in [0, 0.05) is 19.5 Å². The second kappa shape index (κ2) is 6.48. The molecule has 1 atom stereocenters. The summed E-state index contributed by atoms with van der Waals surface area (Å²) in [6.07, 6.45) is 0.843. The average molecular weight is 268 g/mol. The Hall–Kier alpha value is -1.67. The fraction of sp³-hybridized carbons (Fsp3) is 0.727. The lowest BCUT2D eigenvalue weighted by Gasteiger charge is -2.19. The van der Waals surface area contributed by atoms with Gasteiger partial charge in [0.1, 0.15) is 6.10 Å². The number of hydrogen-bond donors (Lipinski definition) is 2. The monoisotopic (exact) mass is 268 g/mol. The molecule has 2 heterocycles. The van der Waals surface area contributed by atoms with E-state index in [1.165, 1.54) is 0 Å². The van der Waals surface area contributed by atoms with Crippen LogP contribution in [-0.4, -0.2) is 47.4 Å². The lowest BCUT2D eigenvalue weighted by atomic mass is 10.3. The van der Waals surface area contributed by atoms with Crippen LogP contribution in [0.15, 0.2) is 0 Å². The molecule has 8 nitrogen and oxygen atoms in total. The number of rotatable bonds is 6. The number of hydrazine groups is 1. The van der Waals surface area contributed by atoms with Crippen LogP contribution in [-0.2, 0) is 4.74 Å². The first kappa shape index (κ1) is 13.8.